The first kappa shape index (κ1) is 9.38. The highest BCUT2D eigenvalue weighted by Crippen LogP contribution is 2.38. The molecule has 1 aliphatic rings. The van der Waals surface area contributed by atoms with Gasteiger partial charge in [0, 0.05) is 14.1 Å². The topological polar surface area (TPSA) is 23.5 Å². The average molecular weight is 191 g/mol. The minimum Gasteiger partial charge on any atom is -0.506 e. The number of para-hydroxylation sites is 1. The lowest BCUT2D eigenvalue weighted by molar-refractivity contribution is 0.474. The smallest absolute Gasteiger partial charge is 0.139 e. The van der Waals surface area contributed by atoms with Gasteiger partial charge in [-0.1, -0.05) is 12.1 Å². The molecule has 1 aromatic carbocycles. The van der Waals surface area contributed by atoms with Crippen LogP contribution in [0.15, 0.2) is 18.2 Å². The molecule has 76 valence electrons. The Morgan fingerprint density at radius 3 is 2.64 bits per heavy atom. The first-order chi connectivity index (χ1) is 6.68. The van der Waals surface area contributed by atoms with E-state index in [0.29, 0.717) is 5.75 Å². The highest BCUT2D eigenvalue weighted by molar-refractivity contribution is 5.62. The van der Waals surface area contributed by atoms with Gasteiger partial charge in [-0.15, -0.1) is 0 Å². The second kappa shape index (κ2) is 3.52. The van der Waals surface area contributed by atoms with Gasteiger partial charge in [-0.3, -0.25) is 0 Å². The quantitative estimate of drug-likeness (QED) is 0.793. The Hall–Kier alpha value is -1.18. The number of benzene rings is 1. The van der Waals surface area contributed by atoms with Crippen LogP contribution in [0.25, 0.3) is 0 Å². The van der Waals surface area contributed by atoms with Crippen LogP contribution in [0, 0.1) is 5.92 Å². The van der Waals surface area contributed by atoms with E-state index < -0.39 is 0 Å². The van der Waals surface area contributed by atoms with Gasteiger partial charge in [-0.2, -0.15) is 0 Å². The third-order valence-corrected chi connectivity index (χ3v) is 2.75. The van der Waals surface area contributed by atoms with Gasteiger partial charge in [0.15, 0.2) is 0 Å². The van der Waals surface area contributed by atoms with E-state index in [4.69, 9.17) is 0 Å². The van der Waals surface area contributed by atoms with Crippen LogP contribution in [0.3, 0.4) is 0 Å². The van der Waals surface area contributed by atoms with Gasteiger partial charge in [0.2, 0.25) is 0 Å². The molecule has 1 N–H and O–H groups in total. The van der Waals surface area contributed by atoms with E-state index in [9.17, 15) is 5.11 Å². The molecule has 0 aliphatic heterocycles. The van der Waals surface area contributed by atoms with Gasteiger partial charge < -0.3 is 10.0 Å². The van der Waals surface area contributed by atoms with Crippen molar-refractivity contribution < 1.29 is 5.11 Å². The minimum absolute atomic E-state index is 0.396. The zero-order valence-corrected chi connectivity index (χ0v) is 8.83. The molecule has 0 spiro atoms. The number of phenols is 1. The van der Waals surface area contributed by atoms with Crippen LogP contribution in [-0.4, -0.2) is 19.2 Å². The summed E-state index contributed by atoms with van der Waals surface area (Å²) in [6, 6.07) is 5.80. The van der Waals surface area contributed by atoms with Crippen molar-refractivity contribution in [2.24, 2.45) is 5.92 Å². The molecule has 1 fully saturated rings. The van der Waals surface area contributed by atoms with Crippen LogP contribution >= 0.6 is 0 Å². The summed E-state index contributed by atoms with van der Waals surface area (Å²) in [7, 11) is 3.96. The predicted octanol–water partition coefficient (Wildman–Crippen LogP) is 2.41. The number of aromatic hydroxyl groups is 1. The van der Waals surface area contributed by atoms with E-state index in [1.807, 2.05) is 25.1 Å². The summed E-state index contributed by atoms with van der Waals surface area (Å²) in [5, 5.41) is 9.75. The molecular weight excluding hydrogens is 174 g/mol. The maximum Gasteiger partial charge on any atom is 0.139 e. The first-order valence-corrected chi connectivity index (χ1v) is 5.16. The summed E-state index contributed by atoms with van der Waals surface area (Å²) in [5.74, 6) is 1.25. The van der Waals surface area contributed by atoms with Crippen LogP contribution in [0.2, 0.25) is 0 Å². The molecule has 0 unspecified atom stereocenters. The van der Waals surface area contributed by atoms with Crippen molar-refractivity contribution in [1.29, 1.82) is 0 Å². The molecule has 14 heavy (non-hydrogen) atoms. The molecule has 1 saturated carbocycles. The van der Waals surface area contributed by atoms with Gasteiger partial charge >= 0.3 is 0 Å². The molecule has 2 heteroatoms. The Kier molecular flexibility index (Phi) is 2.36. The predicted molar refractivity (Wildman–Crippen MR) is 58.9 cm³/mol. The Labute approximate surface area is 85.2 Å². The molecule has 0 saturated heterocycles. The van der Waals surface area contributed by atoms with Crippen molar-refractivity contribution in [3.05, 3.63) is 23.8 Å². The molecule has 1 aromatic rings. The van der Waals surface area contributed by atoms with Gasteiger partial charge in [0.25, 0.3) is 0 Å². The summed E-state index contributed by atoms with van der Waals surface area (Å²) in [6.07, 6.45) is 3.81. The van der Waals surface area contributed by atoms with Crippen molar-refractivity contribution in [1.82, 2.24) is 0 Å². The van der Waals surface area contributed by atoms with Crippen LogP contribution in [0.5, 0.6) is 5.75 Å². The standard InChI is InChI=1S/C12H17NO/c1-13(2)12-10(8-9-6-7-9)4-3-5-11(12)14/h3-5,9,14H,6-8H2,1-2H3. The van der Waals surface area contributed by atoms with Crippen LogP contribution < -0.4 is 4.90 Å². The number of phenolic OH excluding ortho intramolecular Hbond substituents is 1. The van der Waals surface area contributed by atoms with Gasteiger partial charge in [-0.05, 0) is 36.8 Å². The van der Waals surface area contributed by atoms with Crippen molar-refractivity contribution in [2.45, 2.75) is 19.3 Å². The van der Waals surface area contributed by atoms with Crippen molar-refractivity contribution >= 4 is 5.69 Å². The van der Waals surface area contributed by atoms with Crippen LogP contribution in [0.4, 0.5) is 5.69 Å². The molecule has 0 radical (unpaired) electrons. The monoisotopic (exact) mass is 191 g/mol. The first-order valence-electron chi connectivity index (χ1n) is 5.16. The molecule has 2 nitrogen and oxygen atoms in total. The number of hydrogen-bond donors (Lipinski definition) is 1. The van der Waals surface area contributed by atoms with E-state index in [1.165, 1.54) is 18.4 Å². The summed E-state index contributed by atoms with van der Waals surface area (Å²) < 4.78 is 0. The molecule has 1 aliphatic carbocycles. The molecule has 2 rings (SSSR count). The normalized spacial score (nSPS) is 15.6. The molecule has 0 heterocycles. The van der Waals surface area contributed by atoms with Gasteiger partial charge in [0.1, 0.15) is 5.75 Å². The third-order valence-electron chi connectivity index (χ3n) is 2.75. The zero-order valence-electron chi connectivity index (χ0n) is 8.83. The summed E-state index contributed by atoms with van der Waals surface area (Å²) >= 11 is 0. The van der Waals surface area contributed by atoms with E-state index in [0.717, 1.165) is 18.0 Å². The zero-order chi connectivity index (χ0) is 10.1. The van der Waals surface area contributed by atoms with Crippen molar-refractivity contribution in [3.8, 4) is 5.75 Å². The lowest BCUT2D eigenvalue weighted by Gasteiger charge is -2.18. The van der Waals surface area contributed by atoms with E-state index in [2.05, 4.69) is 6.07 Å². The summed E-state index contributed by atoms with van der Waals surface area (Å²) in [6.45, 7) is 0. The van der Waals surface area contributed by atoms with Gasteiger partial charge in [0.05, 0.1) is 5.69 Å². The number of rotatable bonds is 3. The third kappa shape index (κ3) is 1.84. The van der Waals surface area contributed by atoms with E-state index >= 15 is 0 Å². The molecular formula is C12H17NO. The Bertz CT molecular complexity index is 329. The maximum atomic E-state index is 9.75. The second-order valence-corrected chi connectivity index (χ2v) is 4.33. The number of hydrogen-bond acceptors (Lipinski definition) is 2. The maximum absolute atomic E-state index is 9.75. The minimum atomic E-state index is 0.396. The lowest BCUT2D eigenvalue weighted by Crippen LogP contribution is -2.11. The van der Waals surface area contributed by atoms with Gasteiger partial charge in [-0.25, -0.2) is 0 Å². The van der Waals surface area contributed by atoms with Crippen LogP contribution in [0.1, 0.15) is 18.4 Å². The Morgan fingerprint density at radius 1 is 1.36 bits per heavy atom. The fourth-order valence-corrected chi connectivity index (χ4v) is 1.89. The molecule has 0 amide bonds. The van der Waals surface area contributed by atoms with E-state index in [1.54, 1.807) is 6.07 Å². The lowest BCUT2D eigenvalue weighted by atomic mass is 10.1. The van der Waals surface area contributed by atoms with Crippen LogP contribution in [-0.2, 0) is 6.42 Å². The van der Waals surface area contributed by atoms with Crippen molar-refractivity contribution in [2.75, 3.05) is 19.0 Å². The Morgan fingerprint density at radius 2 is 2.07 bits per heavy atom. The van der Waals surface area contributed by atoms with E-state index in [-0.39, 0.29) is 0 Å². The fourth-order valence-electron chi connectivity index (χ4n) is 1.89. The van der Waals surface area contributed by atoms with Crippen molar-refractivity contribution in [3.63, 3.8) is 0 Å². The highest BCUT2D eigenvalue weighted by Gasteiger charge is 2.23. The summed E-state index contributed by atoms with van der Waals surface area (Å²) in [4.78, 5) is 1.99. The fraction of sp³-hybridized carbons (Fsp3) is 0.500. The average Bonchev–Trinajstić information content (AvgIpc) is 2.87. The highest BCUT2D eigenvalue weighted by atomic mass is 16.3. The number of anilines is 1. The molecule has 0 bridgehead atoms. The Balaban J connectivity index is 2.30. The molecule has 0 aromatic heterocycles. The number of nitrogens with zero attached hydrogens (tertiary/aromatic N) is 1. The largest absolute Gasteiger partial charge is 0.506 e. The second-order valence-electron chi connectivity index (χ2n) is 4.33. The molecule has 0 atom stereocenters. The SMILES string of the molecule is CN(C)c1c(O)cccc1CC1CC1. The summed E-state index contributed by atoms with van der Waals surface area (Å²) in [5.41, 5.74) is 2.26.